The van der Waals surface area contributed by atoms with Crippen LogP contribution in [0.4, 0.5) is 0 Å². The molecule has 37 heavy (non-hydrogen) atoms. The van der Waals surface area contributed by atoms with E-state index in [0.717, 1.165) is 24.8 Å². The van der Waals surface area contributed by atoms with Crippen LogP contribution in [0.15, 0.2) is 11.6 Å². The van der Waals surface area contributed by atoms with Crippen molar-refractivity contribution in [1.29, 1.82) is 0 Å². The number of carbonyl (C=O) groups excluding carboxylic acids is 1. The standard InChI is InChI=1S/C30H48O7/c1-25(2,34)11-10-24-29(7,37-26(3,4)36-24)23-9-13-30(35)18-14-20(31)19-15-21(32)22(33)16-27(19,5)17(18)8-12-28(23,30)6/h14,17,19,21-24,32-35H,8-13,15-16H2,1-7H3/t17-,19-,21+,22-,23-,24-,27+,28+,29+,30+/m0/s1. The third kappa shape index (κ3) is 4.02. The normalized spacial score (nSPS) is 51.3. The zero-order valence-corrected chi connectivity index (χ0v) is 23.7. The van der Waals surface area contributed by atoms with Gasteiger partial charge in [0.05, 0.1) is 35.1 Å². The van der Waals surface area contributed by atoms with E-state index in [2.05, 4.69) is 20.8 Å². The highest BCUT2D eigenvalue weighted by Gasteiger charge is 2.71. The van der Waals surface area contributed by atoms with Crippen LogP contribution in [0.2, 0.25) is 0 Å². The van der Waals surface area contributed by atoms with Gasteiger partial charge in [-0.25, -0.2) is 0 Å². The molecule has 1 heterocycles. The Morgan fingerprint density at radius 3 is 2.35 bits per heavy atom. The van der Waals surface area contributed by atoms with E-state index >= 15 is 0 Å². The molecule has 0 aromatic rings. The Morgan fingerprint density at radius 2 is 1.70 bits per heavy atom. The number of aliphatic hydroxyl groups is 4. The lowest BCUT2D eigenvalue weighted by atomic mass is 9.45. The summed E-state index contributed by atoms with van der Waals surface area (Å²) in [4.78, 5) is 13.4. The van der Waals surface area contributed by atoms with Crippen molar-refractivity contribution in [3.05, 3.63) is 11.6 Å². The van der Waals surface area contributed by atoms with Gasteiger partial charge in [0.25, 0.3) is 0 Å². The molecule has 0 spiro atoms. The molecular weight excluding hydrogens is 472 g/mol. The molecule has 7 nitrogen and oxygen atoms in total. The molecule has 210 valence electrons. The Labute approximate surface area is 221 Å². The van der Waals surface area contributed by atoms with E-state index in [0.29, 0.717) is 25.7 Å². The largest absolute Gasteiger partial charge is 0.390 e. The van der Waals surface area contributed by atoms with Gasteiger partial charge in [0.1, 0.15) is 0 Å². The van der Waals surface area contributed by atoms with E-state index in [4.69, 9.17) is 9.47 Å². The number of ether oxygens (including phenoxy) is 2. The minimum absolute atomic E-state index is 0.000157. The number of aliphatic hydroxyl groups excluding tert-OH is 2. The van der Waals surface area contributed by atoms with Crippen LogP contribution in [0.5, 0.6) is 0 Å². The number of ketones is 1. The van der Waals surface area contributed by atoms with Crippen molar-refractivity contribution in [3.8, 4) is 0 Å². The molecule has 7 heteroatoms. The van der Waals surface area contributed by atoms with Gasteiger partial charge in [0.15, 0.2) is 11.6 Å². The summed E-state index contributed by atoms with van der Waals surface area (Å²) in [5.74, 6) is -1.14. The Hall–Kier alpha value is -0.830. The van der Waals surface area contributed by atoms with E-state index in [9.17, 15) is 25.2 Å². The first-order valence-corrected chi connectivity index (χ1v) is 14.3. The Morgan fingerprint density at radius 1 is 1.03 bits per heavy atom. The minimum Gasteiger partial charge on any atom is -0.390 e. The molecule has 4 fully saturated rings. The fraction of sp³-hybridized carbons (Fsp3) is 0.900. The molecule has 3 saturated carbocycles. The molecule has 4 N–H and O–H groups in total. The number of rotatable bonds is 4. The van der Waals surface area contributed by atoms with E-state index < -0.39 is 45.6 Å². The summed E-state index contributed by atoms with van der Waals surface area (Å²) in [6.07, 6.45) is 4.51. The second-order valence-corrected chi connectivity index (χ2v) is 14.7. The van der Waals surface area contributed by atoms with Gasteiger partial charge < -0.3 is 29.9 Å². The predicted molar refractivity (Wildman–Crippen MR) is 138 cm³/mol. The number of hydrogen-bond donors (Lipinski definition) is 4. The average Bonchev–Trinajstić information content (AvgIpc) is 3.17. The van der Waals surface area contributed by atoms with Crippen molar-refractivity contribution in [2.24, 2.45) is 28.6 Å². The van der Waals surface area contributed by atoms with Gasteiger partial charge in [-0.15, -0.1) is 0 Å². The first kappa shape index (κ1) is 27.7. The lowest BCUT2D eigenvalue weighted by Gasteiger charge is -2.60. The van der Waals surface area contributed by atoms with Crippen LogP contribution in [0, 0.1) is 28.6 Å². The molecule has 1 saturated heterocycles. The quantitative estimate of drug-likeness (QED) is 0.447. The maximum Gasteiger partial charge on any atom is 0.164 e. The molecule has 10 atom stereocenters. The molecule has 0 aromatic heterocycles. The van der Waals surface area contributed by atoms with Gasteiger partial charge in [0, 0.05) is 11.3 Å². The number of hydrogen-bond acceptors (Lipinski definition) is 7. The average molecular weight is 521 g/mol. The van der Waals surface area contributed by atoms with Crippen molar-refractivity contribution in [2.45, 2.75) is 141 Å². The highest BCUT2D eigenvalue weighted by molar-refractivity contribution is 5.95. The molecule has 4 aliphatic carbocycles. The molecule has 0 unspecified atom stereocenters. The van der Waals surface area contributed by atoms with Crippen LogP contribution in [0.25, 0.3) is 0 Å². The Balaban J connectivity index is 1.51. The maximum absolute atomic E-state index is 13.4. The monoisotopic (exact) mass is 520 g/mol. The minimum atomic E-state index is -1.15. The molecule has 5 rings (SSSR count). The summed E-state index contributed by atoms with van der Waals surface area (Å²) in [5.41, 5.74) is -2.79. The zero-order valence-electron chi connectivity index (χ0n) is 23.7. The van der Waals surface area contributed by atoms with Crippen LogP contribution in [0.3, 0.4) is 0 Å². The fourth-order valence-corrected chi connectivity index (χ4v) is 9.49. The first-order valence-electron chi connectivity index (χ1n) is 14.3. The maximum atomic E-state index is 13.4. The highest BCUT2D eigenvalue weighted by Crippen LogP contribution is 2.69. The summed E-state index contributed by atoms with van der Waals surface area (Å²) in [7, 11) is 0. The molecule has 0 radical (unpaired) electrons. The van der Waals surface area contributed by atoms with Crippen LogP contribution in [-0.2, 0) is 14.3 Å². The Bertz CT molecular complexity index is 983. The van der Waals surface area contributed by atoms with Gasteiger partial charge >= 0.3 is 0 Å². The summed E-state index contributed by atoms with van der Waals surface area (Å²) in [6, 6.07) is 0. The van der Waals surface area contributed by atoms with Gasteiger partial charge in [-0.2, -0.15) is 0 Å². The van der Waals surface area contributed by atoms with Crippen molar-refractivity contribution in [3.63, 3.8) is 0 Å². The van der Waals surface area contributed by atoms with Gasteiger partial charge in [-0.05, 0) is 115 Å². The van der Waals surface area contributed by atoms with Crippen LogP contribution < -0.4 is 0 Å². The van der Waals surface area contributed by atoms with Gasteiger partial charge in [-0.3, -0.25) is 4.79 Å². The van der Waals surface area contributed by atoms with Crippen molar-refractivity contribution in [2.75, 3.05) is 0 Å². The molecular formula is C30H48O7. The summed E-state index contributed by atoms with van der Waals surface area (Å²) < 4.78 is 13.1. The third-order valence-corrected chi connectivity index (χ3v) is 11.4. The topological polar surface area (TPSA) is 116 Å². The summed E-state index contributed by atoms with van der Waals surface area (Å²) in [6.45, 7) is 13.8. The van der Waals surface area contributed by atoms with E-state index in [1.165, 1.54) is 0 Å². The van der Waals surface area contributed by atoms with Crippen molar-refractivity contribution < 1.29 is 34.7 Å². The SMILES string of the molecule is CC(C)(O)CC[C@@H]1OC(C)(C)O[C@]1(C)[C@H]1CC[C@@]2(O)C3=CC(=O)[C@@H]4C[C@@H](O)[C@@H](O)C[C@]4(C)[C@H]3CC[C@]12C. The second kappa shape index (κ2) is 8.34. The summed E-state index contributed by atoms with van der Waals surface area (Å²) in [5, 5.41) is 43.9. The molecule has 0 amide bonds. The van der Waals surface area contributed by atoms with Gasteiger partial charge in [-0.1, -0.05) is 13.8 Å². The van der Waals surface area contributed by atoms with Crippen LogP contribution in [0.1, 0.15) is 99.8 Å². The summed E-state index contributed by atoms with van der Waals surface area (Å²) >= 11 is 0. The molecule has 5 aliphatic rings. The number of carbonyl (C=O) groups is 1. The number of allylic oxidation sites excluding steroid dienone is 1. The lowest BCUT2D eigenvalue weighted by molar-refractivity contribution is -0.191. The number of fused-ring (bicyclic) bond motifs is 5. The molecule has 0 aromatic carbocycles. The first-order chi connectivity index (χ1) is 16.9. The van der Waals surface area contributed by atoms with Crippen LogP contribution >= 0.6 is 0 Å². The molecule has 1 aliphatic heterocycles. The second-order valence-electron chi connectivity index (χ2n) is 14.7. The van der Waals surface area contributed by atoms with E-state index in [-0.39, 0.29) is 36.1 Å². The lowest BCUT2D eigenvalue weighted by Crippen LogP contribution is -2.62. The molecule has 0 bridgehead atoms. The predicted octanol–water partition coefficient (Wildman–Crippen LogP) is 3.65. The fourth-order valence-electron chi connectivity index (χ4n) is 9.49. The van der Waals surface area contributed by atoms with E-state index in [1.54, 1.807) is 6.08 Å². The zero-order chi connectivity index (χ0) is 27.4. The van der Waals surface area contributed by atoms with Crippen LogP contribution in [-0.4, -0.2) is 67.1 Å². The Kier molecular flexibility index (Phi) is 6.25. The third-order valence-electron chi connectivity index (χ3n) is 11.4. The smallest absolute Gasteiger partial charge is 0.164 e. The van der Waals surface area contributed by atoms with Crippen molar-refractivity contribution >= 4 is 5.78 Å². The van der Waals surface area contributed by atoms with E-state index in [1.807, 2.05) is 27.7 Å². The highest BCUT2D eigenvalue weighted by atomic mass is 16.8. The van der Waals surface area contributed by atoms with Crippen molar-refractivity contribution in [1.82, 2.24) is 0 Å². The van der Waals surface area contributed by atoms with Gasteiger partial charge in [0.2, 0.25) is 0 Å².